The van der Waals surface area contributed by atoms with Crippen LogP contribution in [-0.2, 0) is 4.79 Å². The number of nitrogens with one attached hydrogen (secondary N) is 1. The molecule has 1 saturated heterocycles. The lowest BCUT2D eigenvalue weighted by atomic mass is 10.1. The molecular weight excluding hydrogens is 392 g/mol. The van der Waals surface area contributed by atoms with Crippen molar-refractivity contribution >= 4 is 29.4 Å². The van der Waals surface area contributed by atoms with Crippen molar-refractivity contribution in [1.82, 2.24) is 19.9 Å². The van der Waals surface area contributed by atoms with Crippen molar-refractivity contribution in [2.24, 2.45) is 0 Å². The van der Waals surface area contributed by atoms with Gasteiger partial charge in [-0.2, -0.15) is 9.97 Å². The second-order valence-electron chi connectivity index (χ2n) is 6.23. The third-order valence-electron chi connectivity index (χ3n) is 4.21. The van der Waals surface area contributed by atoms with Gasteiger partial charge >= 0.3 is 0 Å². The molecule has 1 fully saturated rings. The topological polar surface area (TPSA) is 102 Å². The van der Waals surface area contributed by atoms with Crippen molar-refractivity contribution in [3.05, 3.63) is 24.4 Å². The largest absolute Gasteiger partial charge is 0.480 e. The Hall–Kier alpha value is -2.88. The van der Waals surface area contributed by atoms with Crippen LogP contribution in [0.4, 0.5) is 11.8 Å². The number of carbonyl (C=O) groups excluding carboxylic acids is 1. The van der Waals surface area contributed by atoms with Gasteiger partial charge in [0, 0.05) is 19.3 Å². The number of nitrogens with zero attached hydrogens (tertiary/aromatic N) is 5. The molecule has 154 valence electrons. The maximum Gasteiger partial charge on any atom is 0.249 e. The summed E-state index contributed by atoms with van der Waals surface area (Å²) in [5, 5.41) is 3.10. The number of methoxy groups -OCH3 is 2. The number of piperidine rings is 1. The molecule has 9 nitrogen and oxygen atoms in total. The molecule has 0 aromatic carbocycles. The number of aromatic nitrogens is 4. The van der Waals surface area contributed by atoms with Gasteiger partial charge in [0.2, 0.25) is 23.6 Å². The molecule has 0 spiro atoms. The maximum absolute atomic E-state index is 11.7. The fourth-order valence-electron chi connectivity index (χ4n) is 2.87. The molecule has 0 aliphatic carbocycles. The first-order valence-corrected chi connectivity index (χ1v) is 10.2. The smallest absolute Gasteiger partial charge is 0.249 e. The molecule has 10 heteroatoms. The van der Waals surface area contributed by atoms with E-state index in [9.17, 15) is 4.79 Å². The Bertz CT molecular complexity index is 861. The second kappa shape index (κ2) is 10.1. The lowest BCUT2D eigenvalue weighted by Gasteiger charge is -2.27. The highest BCUT2D eigenvalue weighted by atomic mass is 32.2. The quantitative estimate of drug-likeness (QED) is 0.539. The third kappa shape index (κ3) is 5.35. The van der Waals surface area contributed by atoms with Crippen LogP contribution in [0.5, 0.6) is 11.8 Å². The molecule has 3 rings (SSSR count). The Labute approximate surface area is 174 Å². The molecule has 1 aliphatic rings. The summed E-state index contributed by atoms with van der Waals surface area (Å²) in [6.07, 6.45) is 8.10. The molecule has 1 aliphatic heterocycles. The van der Waals surface area contributed by atoms with Crippen molar-refractivity contribution in [3.63, 3.8) is 0 Å². The second-order valence-corrected chi connectivity index (χ2v) is 7.21. The van der Waals surface area contributed by atoms with Gasteiger partial charge in [0.15, 0.2) is 5.16 Å². The zero-order chi connectivity index (χ0) is 20.6. The number of anilines is 2. The minimum Gasteiger partial charge on any atom is -0.480 e. The summed E-state index contributed by atoms with van der Waals surface area (Å²) < 4.78 is 11.0. The van der Waals surface area contributed by atoms with Gasteiger partial charge in [-0.05, 0) is 50.1 Å². The van der Waals surface area contributed by atoms with Gasteiger partial charge in [0.1, 0.15) is 10.7 Å². The van der Waals surface area contributed by atoms with Crippen LogP contribution < -0.4 is 19.7 Å². The van der Waals surface area contributed by atoms with Crippen LogP contribution in [0.25, 0.3) is 0 Å². The van der Waals surface area contributed by atoms with Crippen LogP contribution in [0.1, 0.15) is 26.2 Å². The summed E-state index contributed by atoms with van der Waals surface area (Å²) in [6, 6.07) is 1.62. The average molecular weight is 417 g/mol. The molecule has 1 N–H and O–H groups in total. The number of allylic oxidation sites excluding steroid dienone is 1. The first kappa shape index (κ1) is 20.8. The first-order chi connectivity index (χ1) is 14.1. The van der Waals surface area contributed by atoms with Crippen LogP contribution in [0, 0.1) is 0 Å². The molecule has 29 heavy (non-hydrogen) atoms. The van der Waals surface area contributed by atoms with Crippen LogP contribution in [0.3, 0.4) is 0 Å². The number of hydrogen-bond acceptors (Lipinski definition) is 9. The number of amides is 1. The summed E-state index contributed by atoms with van der Waals surface area (Å²) in [5.41, 5.74) is 0. The Morgan fingerprint density at radius 2 is 1.83 bits per heavy atom. The van der Waals surface area contributed by atoms with E-state index >= 15 is 0 Å². The molecule has 2 aromatic heterocycles. The standard InChI is InChI=1S/C19H24N6O3S/c1-4-8-14(26)21-13-9-10-20-19(22-13)29-15-16(27-2)23-18(24-17(15)28-3)25-11-6-5-7-12-25/h4,8-10H,5-7,11-12H2,1-3H3,(H,20,21,22,26). The molecular formula is C19H24N6O3S. The van der Waals surface area contributed by atoms with Gasteiger partial charge in [-0.1, -0.05) is 6.08 Å². The molecule has 0 radical (unpaired) electrons. The molecule has 0 saturated carbocycles. The maximum atomic E-state index is 11.7. The van der Waals surface area contributed by atoms with Crippen molar-refractivity contribution in [1.29, 1.82) is 0 Å². The predicted molar refractivity (Wildman–Crippen MR) is 111 cm³/mol. The van der Waals surface area contributed by atoms with Crippen molar-refractivity contribution in [3.8, 4) is 11.8 Å². The molecule has 0 atom stereocenters. The lowest BCUT2D eigenvalue weighted by Crippen LogP contribution is -2.31. The van der Waals surface area contributed by atoms with Crippen LogP contribution in [0.2, 0.25) is 0 Å². The Balaban J connectivity index is 1.87. The van der Waals surface area contributed by atoms with E-state index in [4.69, 9.17) is 9.47 Å². The Morgan fingerprint density at radius 1 is 1.14 bits per heavy atom. The highest BCUT2D eigenvalue weighted by molar-refractivity contribution is 7.99. The van der Waals surface area contributed by atoms with E-state index < -0.39 is 0 Å². The van der Waals surface area contributed by atoms with Gasteiger partial charge in [0.25, 0.3) is 0 Å². The number of carbonyl (C=O) groups is 1. The average Bonchev–Trinajstić information content (AvgIpc) is 2.74. The molecule has 0 unspecified atom stereocenters. The minimum atomic E-state index is -0.258. The predicted octanol–water partition coefficient (Wildman–Crippen LogP) is 2.94. The van der Waals surface area contributed by atoms with Gasteiger partial charge in [-0.3, -0.25) is 4.79 Å². The van der Waals surface area contributed by atoms with E-state index in [1.165, 1.54) is 24.3 Å². The number of ether oxygens (including phenoxy) is 2. The zero-order valence-electron chi connectivity index (χ0n) is 16.7. The van der Waals surface area contributed by atoms with E-state index in [0.717, 1.165) is 25.9 Å². The lowest BCUT2D eigenvalue weighted by molar-refractivity contribution is -0.111. The highest BCUT2D eigenvalue weighted by Crippen LogP contribution is 2.40. The number of rotatable bonds is 7. The SMILES string of the molecule is CC=CC(=O)Nc1ccnc(Sc2c(OC)nc(N3CCCCC3)nc2OC)n1. The van der Waals surface area contributed by atoms with Crippen LogP contribution >= 0.6 is 11.8 Å². The molecule has 0 bridgehead atoms. The van der Waals surface area contributed by atoms with Crippen molar-refractivity contribution in [2.45, 2.75) is 36.2 Å². The first-order valence-electron chi connectivity index (χ1n) is 9.34. The summed E-state index contributed by atoms with van der Waals surface area (Å²) in [6.45, 7) is 3.60. The summed E-state index contributed by atoms with van der Waals surface area (Å²) in [7, 11) is 3.11. The fraction of sp³-hybridized carbons (Fsp3) is 0.421. The zero-order valence-corrected chi connectivity index (χ0v) is 17.5. The van der Waals surface area contributed by atoms with Gasteiger partial charge in [-0.25, -0.2) is 9.97 Å². The van der Waals surface area contributed by atoms with E-state index in [1.54, 1.807) is 39.5 Å². The van der Waals surface area contributed by atoms with E-state index in [1.807, 2.05) is 0 Å². The van der Waals surface area contributed by atoms with Crippen molar-refractivity contribution < 1.29 is 14.3 Å². The van der Waals surface area contributed by atoms with E-state index in [0.29, 0.717) is 33.6 Å². The van der Waals surface area contributed by atoms with E-state index in [2.05, 4.69) is 30.2 Å². The highest BCUT2D eigenvalue weighted by Gasteiger charge is 2.22. The molecule has 2 aromatic rings. The van der Waals surface area contributed by atoms with E-state index in [-0.39, 0.29) is 5.91 Å². The van der Waals surface area contributed by atoms with Gasteiger partial charge in [-0.15, -0.1) is 0 Å². The van der Waals surface area contributed by atoms with Crippen LogP contribution in [-0.4, -0.2) is 53.2 Å². The minimum absolute atomic E-state index is 0.258. The number of hydrogen-bond donors (Lipinski definition) is 1. The summed E-state index contributed by atoms with van der Waals surface area (Å²) in [4.78, 5) is 32.2. The molecule has 3 heterocycles. The Kier molecular flexibility index (Phi) is 7.23. The monoisotopic (exact) mass is 416 g/mol. The summed E-state index contributed by atoms with van der Waals surface area (Å²) >= 11 is 1.21. The van der Waals surface area contributed by atoms with Gasteiger partial charge < -0.3 is 19.7 Å². The Morgan fingerprint density at radius 3 is 2.45 bits per heavy atom. The third-order valence-corrected chi connectivity index (χ3v) is 5.15. The fourth-order valence-corrected chi connectivity index (χ4v) is 3.74. The van der Waals surface area contributed by atoms with Crippen LogP contribution in [0.15, 0.2) is 34.5 Å². The molecule has 1 amide bonds. The van der Waals surface area contributed by atoms with Crippen molar-refractivity contribution in [2.75, 3.05) is 37.5 Å². The van der Waals surface area contributed by atoms with Gasteiger partial charge in [0.05, 0.1) is 14.2 Å². The summed E-state index contributed by atoms with van der Waals surface area (Å²) in [5.74, 6) is 1.53. The normalized spacial score (nSPS) is 14.1.